The zero-order valence-corrected chi connectivity index (χ0v) is 15.4. The van der Waals surface area contributed by atoms with Crippen molar-refractivity contribution in [2.75, 3.05) is 40.4 Å². The van der Waals surface area contributed by atoms with Gasteiger partial charge in [-0.15, -0.1) is 24.0 Å². The van der Waals surface area contributed by atoms with E-state index in [0.29, 0.717) is 5.92 Å². The van der Waals surface area contributed by atoms with Crippen LogP contribution in [0.3, 0.4) is 0 Å². The maximum Gasteiger partial charge on any atom is 0.193 e. The molecule has 1 saturated heterocycles. The predicted octanol–water partition coefficient (Wildman–Crippen LogP) is 1.44. The third-order valence-electron chi connectivity index (χ3n) is 3.70. The summed E-state index contributed by atoms with van der Waals surface area (Å²) in [5.74, 6) is 1.55. The second-order valence-electron chi connectivity index (χ2n) is 5.20. The third kappa shape index (κ3) is 5.14. The molecule has 1 fully saturated rings. The fourth-order valence-electron chi connectivity index (χ4n) is 2.62. The molecule has 0 aliphatic carbocycles. The van der Waals surface area contributed by atoms with Crippen molar-refractivity contribution >= 4 is 29.9 Å². The molecule has 2 heterocycles. The summed E-state index contributed by atoms with van der Waals surface area (Å²) in [5.41, 5.74) is 1.32. The number of methoxy groups -OCH3 is 1. The maximum atomic E-state index is 5.06. The average Bonchev–Trinajstić information content (AvgIpc) is 3.08. The molecule has 0 radical (unpaired) electrons. The smallest absolute Gasteiger partial charge is 0.193 e. The topological polar surface area (TPSA) is 54.7 Å². The van der Waals surface area contributed by atoms with Crippen LogP contribution in [0.2, 0.25) is 0 Å². The molecule has 1 aromatic rings. The molecule has 1 unspecified atom stereocenters. The zero-order chi connectivity index (χ0) is 14.4. The molecule has 0 aromatic carbocycles. The number of nitrogens with zero attached hydrogens (tertiary/aromatic N) is 4. The Labute approximate surface area is 144 Å². The first-order valence-corrected chi connectivity index (χ1v) is 7.17. The van der Waals surface area contributed by atoms with Gasteiger partial charge >= 0.3 is 0 Å². The van der Waals surface area contributed by atoms with Crippen LogP contribution in [0.4, 0.5) is 0 Å². The summed E-state index contributed by atoms with van der Waals surface area (Å²) >= 11 is 0. The lowest BCUT2D eigenvalue weighted by Gasteiger charge is -2.21. The minimum Gasteiger partial charge on any atom is -0.385 e. The fourth-order valence-corrected chi connectivity index (χ4v) is 2.62. The van der Waals surface area contributed by atoms with Crippen LogP contribution in [0.1, 0.15) is 24.3 Å². The highest BCUT2D eigenvalue weighted by atomic mass is 127. The number of aryl methyl sites for hydroxylation is 1. The third-order valence-corrected chi connectivity index (χ3v) is 3.70. The number of aliphatic imine (C=N–C) groups is 1. The summed E-state index contributed by atoms with van der Waals surface area (Å²) in [6.45, 7) is 3.73. The minimum absolute atomic E-state index is 0. The molecule has 7 heteroatoms. The second kappa shape index (κ2) is 9.24. The van der Waals surface area contributed by atoms with Gasteiger partial charge in [0.25, 0.3) is 0 Å². The van der Waals surface area contributed by atoms with Crippen LogP contribution in [0.25, 0.3) is 0 Å². The zero-order valence-electron chi connectivity index (χ0n) is 13.1. The van der Waals surface area contributed by atoms with Gasteiger partial charge in [0.15, 0.2) is 5.96 Å². The molecule has 21 heavy (non-hydrogen) atoms. The summed E-state index contributed by atoms with van der Waals surface area (Å²) in [6, 6.07) is 0. The van der Waals surface area contributed by atoms with E-state index in [-0.39, 0.29) is 24.0 Å². The van der Waals surface area contributed by atoms with Crippen molar-refractivity contribution in [2.24, 2.45) is 12.0 Å². The molecule has 0 amide bonds. The summed E-state index contributed by atoms with van der Waals surface area (Å²) in [6.07, 6.45) is 6.24. The van der Waals surface area contributed by atoms with Crippen LogP contribution in [0, 0.1) is 0 Å². The van der Waals surface area contributed by atoms with E-state index in [4.69, 9.17) is 4.74 Å². The van der Waals surface area contributed by atoms with E-state index in [0.717, 1.165) is 45.0 Å². The molecule has 1 aromatic heterocycles. The number of hydrogen-bond donors (Lipinski definition) is 1. The van der Waals surface area contributed by atoms with Gasteiger partial charge in [-0.1, -0.05) is 0 Å². The second-order valence-corrected chi connectivity index (χ2v) is 5.20. The standard InChI is InChI=1S/C14H25N5O.HI/c1-15-14(16-6-4-8-20-3)19-7-5-12(11-19)13-9-17-18(2)10-13;/h9-10,12H,4-8,11H2,1-3H3,(H,15,16);1H. The van der Waals surface area contributed by atoms with Crippen LogP contribution in [0.15, 0.2) is 17.4 Å². The molecular weight excluding hydrogens is 381 g/mol. The van der Waals surface area contributed by atoms with Crippen molar-refractivity contribution in [1.29, 1.82) is 0 Å². The summed E-state index contributed by atoms with van der Waals surface area (Å²) in [5, 5.41) is 7.66. The molecule has 1 atom stereocenters. The van der Waals surface area contributed by atoms with Crippen LogP contribution in [0.5, 0.6) is 0 Å². The summed E-state index contributed by atoms with van der Waals surface area (Å²) in [4.78, 5) is 6.69. The molecule has 0 bridgehead atoms. The number of guanidine groups is 1. The van der Waals surface area contributed by atoms with Gasteiger partial charge < -0.3 is 15.0 Å². The van der Waals surface area contributed by atoms with E-state index in [2.05, 4.69) is 26.5 Å². The number of likely N-dealkylation sites (tertiary alicyclic amines) is 1. The number of aromatic nitrogens is 2. The Kier molecular flexibility index (Phi) is 8.02. The van der Waals surface area contributed by atoms with Gasteiger partial charge in [-0.05, 0) is 18.4 Å². The molecule has 2 rings (SSSR count). The van der Waals surface area contributed by atoms with E-state index in [1.54, 1.807) is 7.11 Å². The van der Waals surface area contributed by atoms with E-state index in [9.17, 15) is 0 Å². The highest BCUT2D eigenvalue weighted by molar-refractivity contribution is 14.0. The Hall–Kier alpha value is -0.830. The maximum absolute atomic E-state index is 5.06. The largest absolute Gasteiger partial charge is 0.385 e. The summed E-state index contributed by atoms with van der Waals surface area (Å²) < 4.78 is 6.93. The number of rotatable bonds is 5. The van der Waals surface area contributed by atoms with E-state index in [1.807, 2.05) is 25.0 Å². The van der Waals surface area contributed by atoms with Gasteiger partial charge in [-0.2, -0.15) is 5.10 Å². The van der Waals surface area contributed by atoms with E-state index in [1.165, 1.54) is 5.56 Å². The lowest BCUT2D eigenvalue weighted by atomic mass is 10.0. The molecule has 1 aliphatic rings. The number of nitrogens with one attached hydrogen (secondary N) is 1. The SMILES string of the molecule is CN=C(NCCCOC)N1CCC(c2cnn(C)c2)C1.I. The Morgan fingerprint density at radius 2 is 2.38 bits per heavy atom. The molecule has 120 valence electrons. The predicted molar refractivity (Wildman–Crippen MR) is 95.4 cm³/mol. The molecule has 0 spiro atoms. The van der Waals surface area contributed by atoms with Crippen LogP contribution in [-0.2, 0) is 11.8 Å². The molecule has 1 aliphatic heterocycles. The molecule has 6 nitrogen and oxygen atoms in total. The summed E-state index contributed by atoms with van der Waals surface area (Å²) in [7, 11) is 5.54. The Morgan fingerprint density at radius 3 is 3.00 bits per heavy atom. The molecular formula is C14H26IN5O. The lowest BCUT2D eigenvalue weighted by Crippen LogP contribution is -2.40. The van der Waals surface area contributed by atoms with Gasteiger partial charge in [0, 0.05) is 59.6 Å². The van der Waals surface area contributed by atoms with E-state index >= 15 is 0 Å². The monoisotopic (exact) mass is 407 g/mol. The van der Waals surface area contributed by atoms with Crippen molar-refractivity contribution in [1.82, 2.24) is 20.0 Å². The Morgan fingerprint density at radius 1 is 1.57 bits per heavy atom. The van der Waals surface area contributed by atoms with Crippen molar-refractivity contribution in [2.45, 2.75) is 18.8 Å². The van der Waals surface area contributed by atoms with Crippen molar-refractivity contribution in [3.63, 3.8) is 0 Å². The number of halogens is 1. The number of hydrogen-bond acceptors (Lipinski definition) is 3. The Balaban J connectivity index is 0.00000220. The molecule has 0 saturated carbocycles. The van der Waals surface area contributed by atoms with Crippen molar-refractivity contribution in [3.8, 4) is 0 Å². The average molecular weight is 407 g/mol. The minimum atomic E-state index is 0. The van der Waals surface area contributed by atoms with Gasteiger partial charge in [0.2, 0.25) is 0 Å². The van der Waals surface area contributed by atoms with Crippen molar-refractivity contribution < 1.29 is 4.74 Å². The number of ether oxygens (including phenoxy) is 1. The first-order chi connectivity index (χ1) is 9.74. The first kappa shape index (κ1) is 18.2. The highest BCUT2D eigenvalue weighted by Crippen LogP contribution is 2.26. The van der Waals surface area contributed by atoms with Crippen LogP contribution in [-0.4, -0.2) is 61.0 Å². The van der Waals surface area contributed by atoms with E-state index < -0.39 is 0 Å². The van der Waals surface area contributed by atoms with Crippen LogP contribution < -0.4 is 5.32 Å². The first-order valence-electron chi connectivity index (χ1n) is 7.17. The highest BCUT2D eigenvalue weighted by Gasteiger charge is 2.26. The van der Waals surface area contributed by atoms with Gasteiger partial charge in [-0.25, -0.2) is 0 Å². The van der Waals surface area contributed by atoms with Gasteiger partial charge in [-0.3, -0.25) is 9.67 Å². The quantitative estimate of drug-likeness (QED) is 0.348. The molecule has 1 N–H and O–H groups in total. The normalized spacial score (nSPS) is 18.7. The fraction of sp³-hybridized carbons (Fsp3) is 0.714. The van der Waals surface area contributed by atoms with Crippen LogP contribution >= 0.6 is 24.0 Å². The Bertz CT molecular complexity index is 448. The van der Waals surface area contributed by atoms with Crippen molar-refractivity contribution in [3.05, 3.63) is 18.0 Å². The van der Waals surface area contributed by atoms with Gasteiger partial charge in [0.1, 0.15) is 0 Å². The van der Waals surface area contributed by atoms with Gasteiger partial charge in [0.05, 0.1) is 6.20 Å². The lowest BCUT2D eigenvalue weighted by molar-refractivity contribution is 0.195.